The minimum absolute atomic E-state index is 0.0811. The van der Waals surface area contributed by atoms with Crippen molar-refractivity contribution in [3.8, 4) is 5.75 Å². The Morgan fingerprint density at radius 1 is 1.00 bits per heavy atom. The van der Waals surface area contributed by atoms with Crippen molar-refractivity contribution < 1.29 is 9.84 Å². The quantitative estimate of drug-likeness (QED) is 0.707. The fraction of sp³-hybridized carbons (Fsp3) is 0.333. The maximum atomic E-state index is 11.1. The molecular formula is C21H26O2. The molecule has 23 heavy (non-hydrogen) atoms. The third-order valence-corrected chi connectivity index (χ3v) is 4.31. The molecule has 0 saturated heterocycles. The van der Waals surface area contributed by atoms with Gasteiger partial charge in [0.15, 0.2) is 0 Å². The van der Waals surface area contributed by atoms with E-state index in [-0.39, 0.29) is 5.92 Å². The van der Waals surface area contributed by atoms with Crippen molar-refractivity contribution in [3.63, 3.8) is 0 Å². The van der Waals surface area contributed by atoms with Gasteiger partial charge < -0.3 is 9.84 Å². The Morgan fingerprint density at radius 3 is 2.22 bits per heavy atom. The van der Waals surface area contributed by atoms with Crippen LogP contribution in [0.2, 0.25) is 0 Å². The zero-order chi connectivity index (χ0) is 16.7. The first-order valence-electron chi connectivity index (χ1n) is 8.26. The lowest BCUT2D eigenvalue weighted by Crippen LogP contribution is -2.11. The summed E-state index contributed by atoms with van der Waals surface area (Å²) in [6, 6.07) is 17.9. The molecular weight excluding hydrogens is 284 g/mol. The lowest BCUT2D eigenvalue weighted by atomic mass is 9.86. The monoisotopic (exact) mass is 310 g/mol. The minimum Gasteiger partial charge on any atom is -0.496 e. The van der Waals surface area contributed by atoms with Gasteiger partial charge >= 0.3 is 0 Å². The van der Waals surface area contributed by atoms with Crippen LogP contribution in [-0.4, -0.2) is 12.2 Å². The fourth-order valence-corrected chi connectivity index (χ4v) is 2.89. The number of hydrogen-bond donors (Lipinski definition) is 1. The summed E-state index contributed by atoms with van der Waals surface area (Å²) in [5, 5.41) is 11.1. The Morgan fingerprint density at radius 2 is 1.61 bits per heavy atom. The number of ether oxygens (including phenoxy) is 1. The molecule has 0 aliphatic carbocycles. The van der Waals surface area contributed by atoms with E-state index in [4.69, 9.17) is 4.74 Å². The maximum Gasteiger partial charge on any atom is 0.124 e. The first-order chi connectivity index (χ1) is 11.2. The summed E-state index contributed by atoms with van der Waals surface area (Å²) in [5.74, 6) is 0.645. The van der Waals surface area contributed by atoms with Crippen molar-refractivity contribution >= 4 is 0 Å². The number of para-hydroxylation sites is 1. The SMILES string of the molecule is CCC(=CC(c1ccccc1)C(O)c1ccccc1OC)CC. The van der Waals surface area contributed by atoms with Gasteiger partial charge in [0, 0.05) is 11.5 Å². The lowest BCUT2D eigenvalue weighted by Gasteiger charge is -2.23. The Labute approximate surface area is 139 Å². The van der Waals surface area contributed by atoms with Crippen LogP contribution in [0.15, 0.2) is 66.2 Å². The summed E-state index contributed by atoms with van der Waals surface area (Å²) < 4.78 is 5.43. The van der Waals surface area contributed by atoms with Crippen LogP contribution in [0.1, 0.15) is 49.8 Å². The fourth-order valence-electron chi connectivity index (χ4n) is 2.89. The van der Waals surface area contributed by atoms with Gasteiger partial charge in [-0.25, -0.2) is 0 Å². The molecule has 2 unspecified atom stereocenters. The number of aliphatic hydroxyl groups is 1. The maximum absolute atomic E-state index is 11.1. The van der Waals surface area contributed by atoms with E-state index in [1.165, 1.54) is 5.57 Å². The smallest absolute Gasteiger partial charge is 0.124 e. The van der Waals surface area contributed by atoms with Gasteiger partial charge in [0.2, 0.25) is 0 Å². The van der Waals surface area contributed by atoms with E-state index >= 15 is 0 Å². The summed E-state index contributed by atoms with van der Waals surface area (Å²) in [6.45, 7) is 4.32. The second-order valence-electron chi connectivity index (χ2n) is 5.66. The predicted molar refractivity (Wildman–Crippen MR) is 95.8 cm³/mol. The van der Waals surface area contributed by atoms with E-state index in [0.717, 1.165) is 29.7 Å². The molecule has 0 fully saturated rings. The molecule has 0 aliphatic rings. The van der Waals surface area contributed by atoms with Crippen molar-refractivity contribution in [2.45, 2.75) is 38.7 Å². The number of hydrogen-bond acceptors (Lipinski definition) is 2. The standard InChI is InChI=1S/C21H26O2/c1-4-16(5-2)15-19(17-11-7-6-8-12-17)21(22)18-13-9-10-14-20(18)23-3/h6-15,19,21-22H,4-5H2,1-3H3. The van der Waals surface area contributed by atoms with Crippen LogP contribution in [0.4, 0.5) is 0 Å². The molecule has 0 amide bonds. The molecule has 1 N–H and O–H groups in total. The second kappa shape index (κ2) is 8.54. The van der Waals surface area contributed by atoms with E-state index in [1.807, 2.05) is 42.5 Å². The second-order valence-corrected chi connectivity index (χ2v) is 5.66. The number of benzene rings is 2. The third kappa shape index (κ3) is 4.23. The molecule has 0 radical (unpaired) electrons. The first kappa shape index (κ1) is 17.3. The minimum atomic E-state index is -0.637. The van der Waals surface area contributed by atoms with Crippen LogP contribution in [0.3, 0.4) is 0 Å². The molecule has 2 nitrogen and oxygen atoms in total. The van der Waals surface area contributed by atoms with Gasteiger partial charge in [-0.2, -0.15) is 0 Å². The molecule has 0 bridgehead atoms. The molecule has 2 heteroatoms. The molecule has 2 aromatic rings. The van der Waals surface area contributed by atoms with Crippen LogP contribution < -0.4 is 4.74 Å². The molecule has 122 valence electrons. The Balaban J connectivity index is 2.46. The summed E-state index contributed by atoms with van der Waals surface area (Å²) in [5.41, 5.74) is 3.30. The summed E-state index contributed by atoms with van der Waals surface area (Å²) in [4.78, 5) is 0. The zero-order valence-corrected chi connectivity index (χ0v) is 14.2. The van der Waals surface area contributed by atoms with Crippen molar-refractivity contribution in [2.75, 3.05) is 7.11 Å². The lowest BCUT2D eigenvalue weighted by molar-refractivity contribution is 0.157. The van der Waals surface area contributed by atoms with Gasteiger partial charge in [-0.05, 0) is 24.5 Å². The van der Waals surface area contributed by atoms with Crippen LogP contribution in [0.5, 0.6) is 5.75 Å². The van der Waals surface area contributed by atoms with E-state index < -0.39 is 6.10 Å². The van der Waals surface area contributed by atoms with Crippen molar-refractivity contribution in [1.29, 1.82) is 0 Å². The average Bonchev–Trinajstić information content (AvgIpc) is 2.63. The van der Waals surface area contributed by atoms with E-state index in [1.54, 1.807) is 7.11 Å². The largest absolute Gasteiger partial charge is 0.496 e. The molecule has 0 heterocycles. The number of methoxy groups -OCH3 is 1. The van der Waals surface area contributed by atoms with Crippen molar-refractivity contribution in [1.82, 2.24) is 0 Å². The van der Waals surface area contributed by atoms with Gasteiger partial charge in [-0.3, -0.25) is 0 Å². The first-order valence-corrected chi connectivity index (χ1v) is 8.26. The highest BCUT2D eigenvalue weighted by atomic mass is 16.5. The van der Waals surface area contributed by atoms with Gasteiger partial charge in [0.25, 0.3) is 0 Å². The number of allylic oxidation sites excluding steroid dienone is 1. The molecule has 0 saturated carbocycles. The van der Waals surface area contributed by atoms with E-state index in [0.29, 0.717) is 0 Å². The van der Waals surface area contributed by atoms with Gasteiger partial charge in [-0.1, -0.05) is 74.0 Å². The van der Waals surface area contributed by atoms with Gasteiger partial charge in [0.05, 0.1) is 13.2 Å². The Kier molecular flexibility index (Phi) is 6.42. The highest BCUT2D eigenvalue weighted by Crippen LogP contribution is 2.37. The highest BCUT2D eigenvalue weighted by Gasteiger charge is 2.23. The summed E-state index contributed by atoms with van der Waals surface area (Å²) >= 11 is 0. The predicted octanol–water partition coefficient (Wildman–Crippen LogP) is 5.26. The number of rotatable bonds is 7. The Bertz CT molecular complexity index is 625. The van der Waals surface area contributed by atoms with Crippen LogP contribution >= 0.6 is 0 Å². The third-order valence-electron chi connectivity index (χ3n) is 4.31. The highest BCUT2D eigenvalue weighted by molar-refractivity contribution is 5.39. The van der Waals surface area contributed by atoms with Crippen LogP contribution in [0.25, 0.3) is 0 Å². The molecule has 0 spiro atoms. The molecule has 2 rings (SSSR count). The topological polar surface area (TPSA) is 29.5 Å². The van der Waals surface area contributed by atoms with Gasteiger partial charge in [-0.15, -0.1) is 0 Å². The van der Waals surface area contributed by atoms with E-state index in [2.05, 4.69) is 32.1 Å². The average molecular weight is 310 g/mol. The van der Waals surface area contributed by atoms with Crippen LogP contribution in [0, 0.1) is 0 Å². The van der Waals surface area contributed by atoms with E-state index in [9.17, 15) is 5.11 Å². The molecule has 0 aromatic heterocycles. The Hall–Kier alpha value is -2.06. The summed E-state index contributed by atoms with van der Waals surface area (Å²) in [7, 11) is 1.64. The van der Waals surface area contributed by atoms with Crippen LogP contribution in [-0.2, 0) is 0 Å². The normalized spacial score (nSPS) is 13.2. The number of aliphatic hydroxyl groups excluding tert-OH is 1. The van der Waals surface area contributed by atoms with Gasteiger partial charge in [0.1, 0.15) is 5.75 Å². The summed E-state index contributed by atoms with van der Waals surface area (Å²) in [6.07, 6.45) is 3.57. The van der Waals surface area contributed by atoms with Crippen molar-refractivity contribution in [2.24, 2.45) is 0 Å². The zero-order valence-electron chi connectivity index (χ0n) is 14.2. The molecule has 2 atom stereocenters. The van der Waals surface area contributed by atoms with Crippen molar-refractivity contribution in [3.05, 3.63) is 77.4 Å². The molecule has 2 aromatic carbocycles. The molecule has 0 aliphatic heterocycles.